The van der Waals surface area contributed by atoms with Crippen LogP contribution in [0.2, 0.25) is 0 Å². The second-order valence-corrected chi connectivity index (χ2v) is 6.55. The number of hydrazine groups is 1. The normalized spacial score (nSPS) is 28.9. The molecule has 7 nitrogen and oxygen atoms in total. The number of nitrogens with zero attached hydrogens (tertiary/aromatic N) is 3. The van der Waals surface area contributed by atoms with Crippen LogP contribution in [0.3, 0.4) is 0 Å². The van der Waals surface area contributed by atoms with Crippen LogP contribution >= 0.6 is 0 Å². The third-order valence-electron chi connectivity index (χ3n) is 3.71. The molecule has 2 aliphatic heterocycles. The van der Waals surface area contributed by atoms with Crippen LogP contribution in [0.15, 0.2) is 0 Å². The van der Waals surface area contributed by atoms with Gasteiger partial charge in [0.2, 0.25) is 0 Å². The fourth-order valence-electron chi connectivity index (χ4n) is 2.60. The van der Waals surface area contributed by atoms with Crippen molar-refractivity contribution in [2.75, 3.05) is 52.4 Å². The number of hydrogen-bond acceptors (Lipinski definition) is 6. The molecule has 0 spiro atoms. The van der Waals surface area contributed by atoms with Gasteiger partial charge in [0, 0.05) is 45.8 Å². The van der Waals surface area contributed by atoms with Crippen LogP contribution in [0, 0.1) is 0 Å². The molecule has 0 radical (unpaired) electrons. The first-order chi connectivity index (χ1) is 8.50. The van der Waals surface area contributed by atoms with Crippen molar-refractivity contribution in [3.05, 3.63) is 0 Å². The Morgan fingerprint density at radius 2 is 1.72 bits per heavy atom. The fraction of sp³-hybridized carbons (Fsp3) is 1.00. The number of β-amino-alcohol motifs (C(OH)–C–C–N with tert-alkyl or cyclic N) is 1. The standard InChI is InChI=1S/C10H21N3O4S/c14-8-7-11-3-5-12(6-4-11)13-2-1-10(9-13)18(15,16)17/h10,14H,1-9H2,(H,15,16,17). The van der Waals surface area contributed by atoms with Gasteiger partial charge in [-0.3, -0.25) is 9.45 Å². The number of aliphatic hydroxyl groups excluding tert-OH is 1. The molecule has 0 bridgehead atoms. The predicted molar refractivity (Wildman–Crippen MR) is 66.6 cm³/mol. The molecule has 2 aliphatic rings. The summed E-state index contributed by atoms with van der Waals surface area (Å²) in [4.78, 5) is 2.19. The van der Waals surface area contributed by atoms with Crippen LogP contribution in [-0.2, 0) is 10.1 Å². The molecule has 0 saturated carbocycles. The van der Waals surface area contributed by atoms with E-state index in [0.717, 1.165) is 26.2 Å². The Kier molecular flexibility index (Phi) is 4.57. The largest absolute Gasteiger partial charge is 0.395 e. The molecule has 1 atom stereocenters. The molecule has 0 amide bonds. The minimum atomic E-state index is -3.91. The van der Waals surface area contributed by atoms with E-state index >= 15 is 0 Å². The van der Waals surface area contributed by atoms with Crippen molar-refractivity contribution in [2.45, 2.75) is 11.7 Å². The van der Waals surface area contributed by atoms with Crippen LogP contribution in [0.5, 0.6) is 0 Å². The van der Waals surface area contributed by atoms with Gasteiger partial charge in [-0.05, 0) is 6.42 Å². The summed E-state index contributed by atoms with van der Waals surface area (Å²) in [6, 6.07) is 0. The Hall–Kier alpha value is -0.250. The first kappa shape index (κ1) is 14.2. The van der Waals surface area contributed by atoms with Crippen molar-refractivity contribution in [2.24, 2.45) is 0 Å². The number of aliphatic hydroxyl groups is 1. The lowest BCUT2D eigenvalue weighted by Crippen LogP contribution is -2.53. The van der Waals surface area contributed by atoms with Crippen molar-refractivity contribution >= 4 is 10.1 Å². The van der Waals surface area contributed by atoms with Crippen LogP contribution < -0.4 is 0 Å². The van der Waals surface area contributed by atoms with Crippen LogP contribution in [0.4, 0.5) is 0 Å². The van der Waals surface area contributed by atoms with Gasteiger partial charge in [-0.25, -0.2) is 10.0 Å². The summed E-state index contributed by atoms with van der Waals surface area (Å²) >= 11 is 0. The Bertz CT molecular complexity index is 367. The van der Waals surface area contributed by atoms with E-state index in [1.54, 1.807) is 0 Å². The Morgan fingerprint density at radius 3 is 2.22 bits per heavy atom. The highest BCUT2D eigenvalue weighted by atomic mass is 32.2. The Labute approximate surface area is 108 Å². The van der Waals surface area contributed by atoms with E-state index in [0.29, 0.717) is 26.1 Å². The minimum Gasteiger partial charge on any atom is -0.395 e. The summed E-state index contributed by atoms with van der Waals surface area (Å²) in [6.45, 7) is 5.40. The van der Waals surface area contributed by atoms with E-state index in [4.69, 9.17) is 9.66 Å². The fourth-order valence-corrected chi connectivity index (χ4v) is 3.36. The average molecular weight is 279 g/mol. The molecule has 1 unspecified atom stereocenters. The summed E-state index contributed by atoms with van der Waals surface area (Å²) in [5, 5.41) is 12.4. The molecule has 0 aliphatic carbocycles. The number of rotatable bonds is 4. The van der Waals surface area contributed by atoms with Crippen LogP contribution in [0.25, 0.3) is 0 Å². The van der Waals surface area contributed by atoms with Crippen molar-refractivity contribution in [1.29, 1.82) is 0 Å². The molecule has 2 heterocycles. The third kappa shape index (κ3) is 3.40. The lowest BCUT2D eigenvalue weighted by atomic mass is 10.3. The summed E-state index contributed by atoms with van der Waals surface area (Å²) in [7, 11) is -3.91. The van der Waals surface area contributed by atoms with E-state index in [2.05, 4.69) is 9.91 Å². The van der Waals surface area contributed by atoms with Gasteiger partial charge in [-0.15, -0.1) is 0 Å². The molecule has 106 valence electrons. The van der Waals surface area contributed by atoms with E-state index in [1.807, 2.05) is 5.01 Å². The average Bonchev–Trinajstić information content (AvgIpc) is 2.79. The van der Waals surface area contributed by atoms with Gasteiger partial charge in [0.15, 0.2) is 0 Å². The lowest BCUT2D eigenvalue weighted by Gasteiger charge is -2.39. The molecule has 0 aromatic heterocycles. The molecule has 18 heavy (non-hydrogen) atoms. The van der Waals surface area contributed by atoms with E-state index < -0.39 is 15.4 Å². The van der Waals surface area contributed by atoms with E-state index in [9.17, 15) is 8.42 Å². The monoisotopic (exact) mass is 279 g/mol. The topological polar surface area (TPSA) is 84.3 Å². The van der Waals surface area contributed by atoms with E-state index in [1.165, 1.54) is 0 Å². The van der Waals surface area contributed by atoms with Crippen molar-refractivity contribution in [3.8, 4) is 0 Å². The SMILES string of the molecule is O=S(=O)(O)C1CCN(N2CCN(CCO)CC2)C1. The molecular weight excluding hydrogens is 258 g/mol. The maximum absolute atomic E-state index is 11.1. The molecular formula is C10H21N3O4S. The molecule has 2 saturated heterocycles. The van der Waals surface area contributed by atoms with Gasteiger partial charge >= 0.3 is 0 Å². The van der Waals surface area contributed by atoms with Gasteiger partial charge in [0.05, 0.1) is 6.61 Å². The lowest BCUT2D eigenvalue weighted by molar-refractivity contribution is -0.0420. The van der Waals surface area contributed by atoms with Crippen molar-refractivity contribution in [3.63, 3.8) is 0 Å². The summed E-state index contributed by atoms with van der Waals surface area (Å²) in [5.74, 6) is 0. The van der Waals surface area contributed by atoms with Gasteiger partial charge < -0.3 is 5.11 Å². The maximum Gasteiger partial charge on any atom is 0.269 e. The first-order valence-corrected chi connectivity index (χ1v) is 7.80. The second-order valence-electron chi connectivity index (χ2n) is 4.86. The van der Waals surface area contributed by atoms with Crippen LogP contribution in [0.1, 0.15) is 6.42 Å². The van der Waals surface area contributed by atoms with Gasteiger partial charge in [0.25, 0.3) is 10.1 Å². The molecule has 0 aromatic carbocycles. The van der Waals surface area contributed by atoms with Crippen molar-refractivity contribution in [1.82, 2.24) is 14.9 Å². The van der Waals surface area contributed by atoms with Crippen molar-refractivity contribution < 1.29 is 18.1 Å². The summed E-state index contributed by atoms with van der Waals surface area (Å²) in [5.41, 5.74) is 0. The zero-order chi connectivity index (χ0) is 13.2. The maximum atomic E-state index is 11.1. The highest BCUT2D eigenvalue weighted by molar-refractivity contribution is 7.86. The number of piperazine rings is 1. The highest BCUT2D eigenvalue weighted by Crippen LogP contribution is 2.18. The zero-order valence-corrected chi connectivity index (χ0v) is 11.2. The van der Waals surface area contributed by atoms with Gasteiger partial charge in [-0.1, -0.05) is 0 Å². The zero-order valence-electron chi connectivity index (χ0n) is 10.4. The van der Waals surface area contributed by atoms with Gasteiger partial charge in [-0.2, -0.15) is 8.42 Å². The molecule has 8 heteroatoms. The smallest absolute Gasteiger partial charge is 0.269 e. The predicted octanol–water partition coefficient (Wildman–Crippen LogP) is -1.53. The van der Waals surface area contributed by atoms with Gasteiger partial charge in [0.1, 0.15) is 5.25 Å². The minimum absolute atomic E-state index is 0.175. The highest BCUT2D eigenvalue weighted by Gasteiger charge is 2.35. The first-order valence-electron chi connectivity index (χ1n) is 6.30. The Balaban J connectivity index is 1.81. The molecule has 2 rings (SSSR count). The Morgan fingerprint density at radius 1 is 1.06 bits per heavy atom. The molecule has 2 fully saturated rings. The molecule has 2 N–H and O–H groups in total. The quantitative estimate of drug-likeness (QED) is 0.604. The third-order valence-corrected chi connectivity index (χ3v) is 4.94. The van der Waals surface area contributed by atoms with E-state index in [-0.39, 0.29) is 6.61 Å². The van der Waals surface area contributed by atoms with Crippen LogP contribution in [-0.4, -0.2) is 90.7 Å². The second kappa shape index (κ2) is 5.81. The summed E-state index contributed by atoms with van der Waals surface area (Å²) < 4.78 is 31.2. The summed E-state index contributed by atoms with van der Waals surface area (Å²) in [6.07, 6.45) is 0.496. The number of hydrogen-bond donors (Lipinski definition) is 2. The molecule has 0 aromatic rings.